The molecular formula is C26H32F2N4O. The number of hydrogen-bond acceptors (Lipinski definition) is 4. The average Bonchev–Trinajstić information content (AvgIpc) is 3.18. The van der Waals surface area contributed by atoms with E-state index in [4.69, 9.17) is 0 Å². The smallest absolute Gasteiger partial charge is 0.260 e. The van der Waals surface area contributed by atoms with Crippen LogP contribution in [-0.4, -0.2) is 65.7 Å². The number of hydrogen-bond donors (Lipinski definition) is 0. The maximum Gasteiger partial charge on any atom is 0.260 e. The van der Waals surface area contributed by atoms with Crippen LogP contribution >= 0.6 is 0 Å². The third-order valence-corrected chi connectivity index (χ3v) is 6.87. The summed E-state index contributed by atoms with van der Waals surface area (Å²) >= 11 is 0. The summed E-state index contributed by atoms with van der Waals surface area (Å²) in [7, 11) is 2.09. The summed E-state index contributed by atoms with van der Waals surface area (Å²) < 4.78 is 28.6. The maximum atomic E-state index is 14.6. The number of amides is 1. The Morgan fingerprint density at radius 1 is 1.09 bits per heavy atom. The van der Waals surface area contributed by atoms with Crippen LogP contribution in [-0.2, 0) is 10.3 Å². The summed E-state index contributed by atoms with van der Waals surface area (Å²) in [5.41, 5.74) is 0.632. The monoisotopic (exact) mass is 454 g/mol. The Labute approximate surface area is 194 Å². The minimum Gasteiger partial charge on any atom is -0.304 e. The molecule has 1 saturated heterocycles. The van der Waals surface area contributed by atoms with Crippen molar-refractivity contribution in [2.45, 2.75) is 44.7 Å². The number of hydrazone groups is 1. The van der Waals surface area contributed by atoms with E-state index in [1.165, 1.54) is 0 Å². The van der Waals surface area contributed by atoms with Crippen molar-refractivity contribution in [3.05, 3.63) is 71.3 Å². The van der Waals surface area contributed by atoms with Crippen LogP contribution in [0, 0.1) is 11.6 Å². The van der Waals surface area contributed by atoms with E-state index in [2.05, 4.69) is 28.9 Å². The van der Waals surface area contributed by atoms with Crippen LogP contribution in [0.25, 0.3) is 0 Å². The van der Waals surface area contributed by atoms with E-state index in [1.54, 1.807) is 5.01 Å². The quantitative estimate of drug-likeness (QED) is 0.656. The molecule has 0 spiro atoms. The fraction of sp³-hybridized carbons (Fsp3) is 0.462. The van der Waals surface area contributed by atoms with E-state index in [-0.39, 0.29) is 17.5 Å². The second-order valence-corrected chi connectivity index (χ2v) is 9.28. The molecule has 2 heterocycles. The van der Waals surface area contributed by atoms with Gasteiger partial charge in [0, 0.05) is 38.2 Å². The Morgan fingerprint density at radius 3 is 2.45 bits per heavy atom. The summed E-state index contributed by atoms with van der Waals surface area (Å²) in [5, 5.41) is 6.20. The van der Waals surface area contributed by atoms with Crippen LogP contribution in [0.3, 0.4) is 0 Å². The van der Waals surface area contributed by atoms with Gasteiger partial charge in [-0.05, 0) is 44.2 Å². The fourth-order valence-corrected chi connectivity index (χ4v) is 4.86. The molecule has 2 atom stereocenters. The van der Waals surface area contributed by atoms with Gasteiger partial charge in [-0.3, -0.25) is 9.69 Å². The van der Waals surface area contributed by atoms with Crippen molar-refractivity contribution in [1.82, 2.24) is 14.8 Å². The molecule has 0 aromatic heterocycles. The highest BCUT2D eigenvalue weighted by atomic mass is 19.1. The molecular weight excluding hydrogens is 422 g/mol. The van der Waals surface area contributed by atoms with E-state index >= 15 is 0 Å². The average molecular weight is 455 g/mol. The lowest BCUT2D eigenvalue weighted by Gasteiger charge is -2.41. The molecule has 0 saturated carbocycles. The van der Waals surface area contributed by atoms with Crippen LogP contribution in [0.2, 0.25) is 0 Å². The van der Waals surface area contributed by atoms with Gasteiger partial charge in [-0.25, -0.2) is 13.8 Å². The van der Waals surface area contributed by atoms with Gasteiger partial charge >= 0.3 is 0 Å². The second kappa shape index (κ2) is 9.69. The lowest BCUT2D eigenvalue weighted by Crippen LogP contribution is -2.56. The molecule has 2 aromatic rings. The molecule has 5 nitrogen and oxygen atoms in total. The third-order valence-electron chi connectivity index (χ3n) is 6.87. The number of carbonyl (C=O) groups excluding carboxylic acids is 1. The van der Waals surface area contributed by atoms with Crippen molar-refractivity contribution in [3.8, 4) is 0 Å². The molecule has 4 rings (SSSR count). The predicted molar refractivity (Wildman–Crippen MR) is 126 cm³/mol. The van der Waals surface area contributed by atoms with Gasteiger partial charge in [0.25, 0.3) is 5.91 Å². The minimum atomic E-state index is -0.787. The highest BCUT2D eigenvalue weighted by molar-refractivity contribution is 6.04. The van der Waals surface area contributed by atoms with Gasteiger partial charge in [0.05, 0.1) is 17.3 Å². The Kier molecular flexibility index (Phi) is 6.91. The van der Waals surface area contributed by atoms with E-state index in [0.29, 0.717) is 12.1 Å². The molecule has 0 aliphatic carbocycles. The van der Waals surface area contributed by atoms with Crippen molar-refractivity contribution in [3.63, 3.8) is 0 Å². The summed E-state index contributed by atoms with van der Waals surface area (Å²) in [5.74, 6) is -1.15. The maximum absolute atomic E-state index is 14.6. The third kappa shape index (κ3) is 4.70. The molecule has 0 radical (unpaired) electrons. The van der Waals surface area contributed by atoms with E-state index in [0.717, 1.165) is 62.8 Å². The summed E-state index contributed by atoms with van der Waals surface area (Å²) in [6, 6.07) is 12.8. The molecule has 176 valence electrons. The van der Waals surface area contributed by atoms with Crippen molar-refractivity contribution in [1.29, 1.82) is 0 Å². The molecule has 2 aliphatic heterocycles. The molecule has 0 N–H and O–H groups in total. The number of likely N-dealkylation sites (N-methyl/N-ethyl adjacent to an activating group) is 1. The van der Waals surface area contributed by atoms with Gasteiger partial charge in [-0.15, -0.1) is 0 Å². The number of nitrogens with zero attached hydrogens (tertiary/aromatic N) is 4. The normalized spacial score (nSPS) is 22.9. The highest BCUT2D eigenvalue weighted by Crippen LogP contribution is 2.40. The Morgan fingerprint density at radius 2 is 1.79 bits per heavy atom. The molecule has 2 aliphatic rings. The predicted octanol–water partition coefficient (Wildman–Crippen LogP) is 4.23. The zero-order chi connectivity index (χ0) is 23.6. The van der Waals surface area contributed by atoms with Gasteiger partial charge in [-0.1, -0.05) is 43.7 Å². The first-order chi connectivity index (χ1) is 15.8. The zero-order valence-electron chi connectivity index (χ0n) is 19.6. The Bertz CT molecular complexity index is 1020. The summed E-state index contributed by atoms with van der Waals surface area (Å²) in [4.78, 5) is 18.5. The number of benzene rings is 2. The first kappa shape index (κ1) is 23.5. The second-order valence-electron chi connectivity index (χ2n) is 9.28. The van der Waals surface area contributed by atoms with E-state index in [1.807, 2.05) is 37.3 Å². The van der Waals surface area contributed by atoms with Crippen LogP contribution in [0.5, 0.6) is 0 Å². The van der Waals surface area contributed by atoms with Gasteiger partial charge in [-0.2, -0.15) is 5.10 Å². The van der Waals surface area contributed by atoms with E-state index < -0.39 is 17.2 Å². The molecule has 0 bridgehead atoms. The van der Waals surface area contributed by atoms with Crippen LogP contribution in [0.15, 0.2) is 53.6 Å². The molecule has 1 fully saturated rings. The highest BCUT2D eigenvalue weighted by Gasteiger charge is 2.46. The Hall–Kier alpha value is -2.64. The first-order valence-corrected chi connectivity index (χ1v) is 11.7. The van der Waals surface area contributed by atoms with Crippen molar-refractivity contribution in [2.75, 3.05) is 33.2 Å². The minimum absolute atomic E-state index is 0.0837. The zero-order valence-corrected chi connectivity index (χ0v) is 19.6. The SMILES string of the molecule is CCCC(C(=O)N1N=C(c2cc(F)ccc2F)CC1(C)c1ccccc1)N1CCN(C)CC1. The summed E-state index contributed by atoms with van der Waals surface area (Å²) in [6.45, 7) is 7.49. The van der Waals surface area contributed by atoms with Gasteiger partial charge in [0.2, 0.25) is 0 Å². The number of piperazine rings is 1. The van der Waals surface area contributed by atoms with Crippen LogP contribution in [0.1, 0.15) is 44.2 Å². The van der Waals surface area contributed by atoms with Gasteiger partial charge in [0.1, 0.15) is 11.6 Å². The van der Waals surface area contributed by atoms with Crippen LogP contribution in [0.4, 0.5) is 8.78 Å². The van der Waals surface area contributed by atoms with Crippen LogP contribution < -0.4 is 0 Å². The molecule has 1 amide bonds. The standard InChI is InChI=1S/C26H32F2N4O/c1-4-8-24(31-15-13-30(3)14-16-31)25(33)32-26(2,19-9-6-5-7-10-19)18-23(29-32)21-17-20(27)11-12-22(21)28/h5-7,9-12,17,24H,4,8,13-16,18H2,1-3H3. The number of rotatable bonds is 6. The van der Waals surface area contributed by atoms with Crippen molar-refractivity contribution in [2.24, 2.45) is 5.10 Å². The Balaban J connectivity index is 1.74. The molecule has 33 heavy (non-hydrogen) atoms. The number of carbonyl (C=O) groups is 1. The molecule has 2 unspecified atom stereocenters. The first-order valence-electron chi connectivity index (χ1n) is 11.7. The fourth-order valence-electron chi connectivity index (χ4n) is 4.86. The lowest BCUT2D eigenvalue weighted by molar-refractivity contribution is -0.143. The largest absolute Gasteiger partial charge is 0.304 e. The van der Waals surface area contributed by atoms with Crippen molar-refractivity contribution >= 4 is 11.6 Å². The van der Waals surface area contributed by atoms with Gasteiger partial charge < -0.3 is 4.90 Å². The van der Waals surface area contributed by atoms with Crippen molar-refractivity contribution < 1.29 is 13.6 Å². The topological polar surface area (TPSA) is 39.2 Å². The molecule has 7 heteroatoms. The number of halogens is 2. The van der Waals surface area contributed by atoms with E-state index in [9.17, 15) is 13.6 Å². The lowest BCUT2D eigenvalue weighted by atomic mass is 9.85. The molecule has 2 aromatic carbocycles. The van der Waals surface area contributed by atoms with Gasteiger partial charge in [0.15, 0.2) is 0 Å². The summed E-state index contributed by atoms with van der Waals surface area (Å²) in [6.07, 6.45) is 1.90.